The van der Waals surface area contributed by atoms with Crippen LogP contribution in [-0.4, -0.2) is 33.2 Å². The molecule has 0 unspecified atom stereocenters. The molecule has 0 radical (unpaired) electrons. The van der Waals surface area contributed by atoms with Crippen LogP contribution in [0, 0.1) is 17.1 Å². The fourth-order valence-corrected chi connectivity index (χ4v) is 3.35. The van der Waals surface area contributed by atoms with E-state index in [-0.39, 0.29) is 57.8 Å². The first-order valence-corrected chi connectivity index (χ1v) is 9.71. The highest BCUT2D eigenvalue weighted by molar-refractivity contribution is 6.34. The molecule has 0 amide bonds. The van der Waals surface area contributed by atoms with Crippen molar-refractivity contribution in [2.75, 3.05) is 27.4 Å². The summed E-state index contributed by atoms with van der Waals surface area (Å²) in [5, 5.41) is 9.68. The highest BCUT2D eigenvalue weighted by Gasteiger charge is 2.23. The second-order valence-corrected chi connectivity index (χ2v) is 6.89. The van der Waals surface area contributed by atoms with E-state index < -0.39 is 5.82 Å². The van der Waals surface area contributed by atoms with Crippen molar-refractivity contribution in [2.45, 2.75) is 0 Å². The van der Waals surface area contributed by atoms with Gasteiger partial charge in [-0.05, 0) is 18.2 Å². The molecule has 0 heterocycles. The summed E-state index contributed by atoms with van der Waals surface area (Å²) < 4.78 is 31.0. The van der Waals surface area contributed by atoms with Crippen LogP contribution in [0.5, 0.6) is 11.5 Å². The molecule has 0 saturated heterocycles. The monoisotopic (exact) mass is 439 g/mol. The third-order valence-electron chi connectivity index (χ3n) is 4.61. The molecule has 0 aliphatic rings. The summed E-state index contributed by atoms with van der Waals surface area (Å²) in [6, 6.07) is 16.3. The number of nitriles is 1. The summed E-state index contributed by atoms with van der Waals surface area (Å²) in [5.41, 5.74) is 0.829. The maximum Gasteiger partial charge on any atom is 0.196 e. The van der Waals surface area contributed by atoms with Gasteiger partial charge in [0.05, 0.1) is 35.9 Å². The van der Waals surface area contributed by atoms with E-state index in [4.69, 9.17) is 25.8 Å². The number of hydrogen-bond acceptors (Lipinski definition) is 5. The van der Waals surface area contributed by atoms with Gasteiger partial charge in [-0.3, -0.25) is 4.79 Å². The first-order valence-electron chi connectivity index (χ1n) is 9.33. The lowest BCUT2D eigenvalue weighted by Gasteiger charge is -2.16. The molecule has 3 aromatic rings. The summed E-state index contributed by atoms with van der Waals surface area (Å²) in [5.74, 6) is -0.870. The predicted octanol–water partition coefficient (Wildman–Crippen LogP) is 5.28. The van der Waals surface area contributed by atoms with Crippen LogP contribution in [0.2, 0.25) is 5.02 Å². The number of carbonyl (C=O) groups excluding carboxylic acids is 1. The molecule has 0 atom stereocenters. The smallest absolute Gasteiger partial charge is 0.196 e. The maximum atomic E-state index is 15.4. The Hall–Kier alpha value is -3.40. The molecule has 5 nitrogen and oxygen atoms in total. The van der Waals surface area contributed by atoms with Crippen LogP contribution in [0.25, 0.3) is 11.1 Å². The van der Waals surface area contributed by atoms with Gasteiger partial charge in [0.2, 0.25) is 0 Å². The van der Waals surface area contributed by atoms with E-state index in [1.807, 2.05) is 6.07 Å². The van der Waals surface area contributed by atoms with E-state index in [0.717, 1.165) is 0 Å². The standard InChI is InChI=1S/C24H19ClFNO4/c1-29-10-11-31-20-9-8-16(14-27)22(23(20)26)17-12-18(21(30-2)13-19(17)25)24(28)15-6-4-3-5-7-15/h3-9,12-13H,10-11H2,1-2H3. The Morgan fingerprint density at radius 3 is 2.45 bits per heavy atom. The van der Waals surface area contributed by atoms with Crippen molar-refractivity contribution in [1.29, 1.82) is 5.26 Å². The van der Waals surface area contributed by atoms with Gasteiger partial charge in [-0.1, -0.05) is 41.9 Å². The molecule has 0 aliphatic heterocycles. The number of benzene rings is 3. The summed E-state index contributed by atoms with van der Waals surface area (Å²) in [7, 11) is 2.92. The van der Waals surface area contributed by atoms with Crippen LogP contribution in [0.1, 0.15) is 21.5 Å². The molecule has 0 fully saturated rings. The van der Waals surface area contributed by atoms with E-state index in [1.54, 1.807) is 30.3 Å². The average molecular weight is 440 g/mol. The number of carbonyl (C=O) groups is 1. The van der Waals surface area contributed by atoms with Gasteiger partial charge in [0, 0.05) is 29.9 Å². The SMILES string of the molecule is COCCOc1ccc(C#N)c(-c2cc(C(=O)c3ccccc3)c(OC)cc2Cl)c1F. The molecule has 31 heavy (non-hydrogen) atoms. The summed E-state index contributed by atoms with van der Waals surface area (Å²) in [6.45, 7) is 0.403. The first-order chi connectivity index (χ1) is 15.0. The third-order valence-corrected chi connectivity index (χ3v) is 4.92. The first kappa shape index (κ1) is 22.3. The van der Waals surface area contributed by atoms with Crippen molar-refractivity contribution < 1.29 is 23.4 Å². The molecule has 0 aliphatic carbocycles. The second kappa shape index (κ2) is 10.1. The van der Waals surface area contributed by atoms with Gasteiger partial charge in [0.25, 0.3) is 0 Å². The van der Waals surface area contributed by atoms with Crippen molar-refractivity contribution in [1.82, 2.24) is 0 Å². The third kappa shape index (κ3) is 4.69. The van der Waals surface area contributed by atoms with Crippen LogP contribution in [-0.2, 0) is 4.74 Å². The van der Waals surface area contributed by atoms with Gasteiger partial charge >= 0.3 is 0 Å². The molecule has 7 heteroatoms. The highest BCUT2D eigenvalue weighted by atomic mass is 35.5. The molecule has 3 aromatic carbocycles. The van der Waals surface area contributed by atoms with Crippen LogP contribution in [0.15, 0.2) is 54.6 Å². The number of ketones is 1. The summed E-state index contributed by atoms with van der Waals surface area (Å²) in [4.78, 5) is 13.1. The average Bonchev–Trinajstić information content (AvgIpc) is 2.80. The number of ether oxygens (including phenoxy) is 3. The summed E-state index contributed by atoms with van der Waals surface area (Å²) in [6.07, 6.45) is 0. The van der Waals surface area contributed by atoms with Crippen LogP contribution in [0.3, 0.4) is 0 Å². The van der Waals surface area contributed by atoms with Gasteiger partial charge in [0.15, 0.2) is 17.3 Å². The number of hydrogen-bond donors (Lipinski definition) is 0. The molecule has 3 rings (SSSR count). The van der Waals surface area contributed by atoms with E-state index in [1.165, 1.54) is 38.5 Å². The maximum absolute atomic E-state index is 15.4. The Labute approximate surface area is 184 Å². The highest BCUT2D eigenvalue weighted by Crippen LogP contribution is 2.40. The minimum Gasteiger partial charge on any atom is -0.496 e. The van der Waals surface area contributed by atoms with E-state index in [2.05, 4.69) is 0 Å². The van der Waals surface area contributed by atoms with Gasteiger partial charge in [0.1, 0.15) is 12.4 Å². The Morgan fingerprint density at radius 2 is 1.81 bits per heavy atom. The fraction of sp³-hybridized carbons (Fsp3) is 0.167. The Morgan fingerprint density at radius 1 is 1.06 bits per heavy atom. The Kier molecular flexibility index (Phi) is 7.24. The Balaban J connectivity index is 2.18. The molecule has 0 N–H and O–H groups in total. The molecule has 0 spiro atoms. The lowest BCUT2D eigenvalue weighted by atomic mass is 9.94. The van der Waals surface area contributed by atoms with Crippen LogP contribution in [0.4, 0.5) is 4.39 Å². The molecular weight excluding hydrogens is 421 g/mol. The number of rotatable bonds is 8. The van der Waals surface area contributed by atoms with Crippen LogP contribution >= 0.6 is 11.6 Å². The number of halogens is 2. The Bertz CT molecular complexity index is 1140. The summed E-state index contributed by atoms with van der Waals surface area (Å²) >= 11 is 6.42. The normalized spacial score (nSPS) is 10.4. The molecule has 0 aromatic heterocycles. The van der Waals surface area contributed by atoms with Crippen molar-refractivity contribution >= 4 is 17.4 Å². The quantitative estimate of drug-likeness (QED) is 0.352. The lowest BCUT2D eigenvalue weighted by Crippen LogP contribution is -2.07. The second-order valence-electron chi connectivity index (χ2n) is 6.48. The van der Waals surface area contributed by atoms with Crippen molar-refractivity contribution in [3.05, 3.63) is 82.1 Å². The predicted molar refractivity (Wildman–Crippen MR) is 115 cm³/mol. The zero-order valence-corrected chi connectivity index (χ0v) is 17.7. The van der Waals surface area contributed by atoms with Gasteiger partial charge in [-0.2, -0.15) is 5.26 Å². The molecular formula is C24H19ClFNO4. The minimum atomic E-state index is -0.750. The van der Waals surface area contributed by atoms with E-state index >= 15 is 4.39 Å². The largest absolute Gasteiger partial charge is 0.496 e. The van der Waals surface area contributed by atoms with Crippen molar-refractivity contribution in [3.63, 3.8) is 0 Å². The van der Waals surface area contributed by atoms with E-state index in [9.17, 15) is 10.1 Å². The van der Waals surface area contributed by atoms with Crippen molar-refractivity contribution in [3.8, 4) is 28.7 Å². The van der Waals surface area contributed by atoms with Gasteiger partial charge in [-0.15, -0.1) is 0 Å². The van der Waals surface area contributed by atoms with Crippen LogP contribution < -0.4 is 9.47 Å². The number of nitrogens with zero attached hydrogens (tertiary/aromatic N) is 1. The molecule has 158 valence electrons. The number of methoxy groups -OCH3 is 2. The van der Waals surface area contributed by atoms with Gasteiger partial charge < -0.3 is 14.2 Å². The zero-order chi connectivity index (χ0) is 22.4. The lowest BCUT2D eigenvalue weighted by molar-refractivity contribution is 0.103. The fourth-order valence-electron chi connectivity index (χ4n) is 3.10. The molecule has 0 saturated carbocycles. The topological polar surface area (TPSA) is 68.5 Å². The minimum absolute atomic E-state index is 0.0473. The van der Waals surface area contributed by atoms with E-state index in [0.29, 0.717) is 5.56 Å². The molecule has 0 bridgehead atoms. The van der Waals surface area contributed by atoms with Crippen molar-refractivity contribution in [2.24, 2.45) is 0 Å². The zero-order valence-electron chi connectivity index (χ0n) is 16.9. The van der Waals surface area contributed by atoms with Gasteiger partial charge in [-0.25, -0.2) is 4.39 Å².